The van der Waals surface area contributed by atoms with Gasteiger partial charge in [0.25, 0.3) is 5.91 Å². The number of nitrogen functional groups attached to an aromatic ring is 1. The van der Waals surface area contributed by atoms with Crippen molar-refractivity contribution < 1.29 is 9.63 Å². The molecule has 34 heavy (non-hydrogen) atoms. The normalized spacial score (nSPS) is 19.8. The van der Waals surface area contributed by atoms with Crippen LogP contribution in [-0.2, 0) is 4.84 Å². The number of hydrogen-bond donors (Lipinski definition) is 1. The van der Waals surface area contributed by atoms with E-state index in [0.717, 1.165) is 73.2 Å². The Morgan fingerprint density at radius 2 is 1.74 bits per heavy atom. The molecule has 0 radical (unpaired) electrons. The standard InChI is InChI=1S/C27H35BrN4O2/c1-19-5-4-6-23(29)24(19)26(33)31-17-13-27(2,14-18-31)32-15-11-21(12-16-32)25(30-34-3)20-7-9-22(28)10-8-20/h4-10,21H,11-18,29H2,1-3H3/b30-25-. The summed E-state index contributed by atoms with van der Waals surface area (Å²) in [5, 5.41) is 4.40. The zero-order valence-corrected chi connectivity index (χ0v) is 22.0. The van der Waals surface area contributed by atoms with Crippen molar-refractivity contribution in [1.29, 1.82) is 0 Å². The minimum absolute atomic E-state index is 0.0614. The van der Waals surface area contributed by atoms with Crippen molar-refractivity contribution in [3.8, 4) is 0 Å². The summed E-state index contributed by atoms with van der Waals surface area (Å²) in [6.07, 6.45) is 4.05. The lowest BCUT2D eigenvalue weighted by atomic mass is 9.82. The summed E-state index contributed by atoms with van der Waals surface area (Å²) in [5.41, 5.74) is 10.6. The SMILES string of the molecule is CO/N=C(/c1ccc(Br)cc1)C1CCN(C2(C)CCN(C(=O)c3c(C)cccc3N)CC2)CC1. The number of halogens is 1. The van der Waals surface area contributed by atoms with E-state index in [4.69, 9.17) is 10.6 Å². The molecule has 7 heteroatoms. The molecule has 2 aliphatic heterocycles. The number of carbonyl (C=O) groups excluding carboxylic acids is 1. The first kappa shape index (κ1) is 24.7. The van der Waals surface area contributed by atoms with E-state index in [1.165, 1.54) is 0 Å². The van der Waals surface area contributed by atoms with Gasteiger partial charge in [0.15, 0.2) is 0 Å². The number of amides is 1. The topological polar surface area (TPSA) is 71.2 Å². The van der Waals surface area contributed by atoms with Gasteiger partial charge in [-0.15, -0.1) is 0 Å². The van der Waals surface area contributed by atoms with Crippen molar-refractivity contribution in [2.24, 2.45) is 11.1 Å². The highest BCUT2D eigenvalue weighted by molar-refractivity contribution is 9.10. The Labute approximate surface area is 211 Å². The largest absolute Gasteiger partial charge is 0.399 e. The van der Waals surface area contributed by atoms with E-state index in [1.54, 1.807) is 7.11 Å². The lowest BCUT2D eigenvalue weighted by molar-refractivity contribution is 0.0162. The highest BCUT2D eigenvalue weighted by Gasteiger charge is 2.39. The third-order valence-corrected chi connectivity index (χ3v) is 8.15. The Kier molecular flexibility index (Phi) is 7.63. The van der Waals surface area contributed by atoms with Crippen LogP contribution in [-0.4, -0.2) is 60.2 Å². The monoisotopic (exact) mass is 526 g/mol. The molecule has 2 N–H and O–H groups in total. The third kappa shape index (κ3) is 5.15. The van der Waals surface area contributed by atoms with Gasteiger partial charge < -0.3 is 15.5 Å². The number of hydrogen-bond acceptors (Lipinski definition) is 5. The number of likely N-dealkylation sites (tertiary alicyclic amines) is 2. The molecule has 0 atom stereocenters. The molecule has 2 aliphatic rings. The van der Waals surface area contributed by atoms with Crippen LogP contribution >= 0.6 is 15.9 Å². The lowest BCUT2D eigenvalue weighted by Crippen LogP contribution is -2.56. The number of rotatable bonds is 5. The van der Waals surface area contributed by atoms with Crippen molar-refractivity contribution in [2.45, 2.75) is 45.1 Å². The Balaban J connectivity index is 1.37. The molecular formula is C27H35BrN4O2. The quantitative estimate of drug-likeness (QED) is 0.334. The van der Waals surface area contributed by atoms with E-state index in [9.17, 15) is 4.79 Å². The molecule has 2 saturated heterocycles. The van der Waals surface area contributed by atoms with Gasteiger partial charge >= 0.3 is 0 Å². The molecule has 0 aliphatic carbocycles. The molecule has 6 nitrogen and oxygen atoms in total. The average molecular weight is 528 g/mol. The maximum atomic E-state index is 13.2. The maximum Gasteiger partial charge on any atom is 0.256 e. The van der Waals surface area contributed by atoms with Crippen LogP contribution in [0.15, 0.2) is 52.1 Å². The van der Waals surface area contributed by atoms with Crippen LogP contribution < -0.4 is 5.73 Å². The molecule has 2 heterocycles. The number of piperidine rings is 2. The van der Waals surface area contributed by atoms with Crippen LogP contribution in [0, 0.1) is 12.8 Å². The van der Waals surface area contributed by atoms with Gasteiger partial charge in [-0.3, -0.25) is 9.69 Å². The van der Waals surface area contributed by atoms with Gasteiger partial charge in [-0.2, -0.15) is 0 Å². The minimum Gasteiger partial charge on any atom is -0.399 e. The Hall–Kier alpha value is -2.38. The number of anilines is 1. The van der Waals surface area contributed by atoms with E-state index in [0.29, 0.717) is 17.2 Å². The second kappa shape index (κ2) is 10.5. The molecule has 2 aromatic rings. The number of benzene rings is 2. The van der Waals surface area contributed by atoms with Crippen LogP contribution in [0.5, 0.6) is 0 Å². The summed E-state index contributed by atoms with van der Waals surface area (Å²) in [6.45, 7) is 7.89. The first-order valence-electron chi connectivity index (χ1n) is 12.1. The molecule has 0 unspecified atom stereocenters. The number of nitrogens with two attached hydrogens (primary N) is 1. The highest BCUT2D eigenvalue weighted by Crippen LogP contribution is 2.34. The summed E-state index contributed by atoms with van der Waals surface area (Å²) in [5.74, 6) is 0.443. The second-order valence-corrected chi connectivity index (χ2v) is 10.7. The molecule has 2 aromatic carbocycles. The van der Waals surface area contributed by atoms with Crippen LogP contribution in [0.25, 0.3) is 0 Å². The van der Waals surface area contributed by atoms with Crippen LogP contribution in [0.1, 0.15) is 54.1 Å². The number of carbonyl (C=O) groups is 1. The van der Waals surface area contributed by atoms with Gasteiger partial charge in [-0.1, -0.05) is 45.4 Å². The van der Waals surface area contributed by atoms with Crippen LogP contribution in [0.2, 0.25) is 0 Å². The van der Waals surface area contributed by atoms with Crippen molar-refractivity contribution in [3.05, 3.63) is 63.6 Å². The fraction of sp³-hybridized carbons (Fsp3) is 0.481. The third-order valence-electron chi connectivity index (χ3n) is 7.62. The van der Waals surface area contributed by atoms with E-state index in [2.05, 4.69) is 57.2 Å². The van der Waals surface area contributed by atoms with E-state index >= 15 is 0 Å². The zero-order valence-electron chi connectivity index (χ0n) is 20.4. The van der Waals surface area contributed by atoms with Gasteiger partial charge in [0, 0.05) is 34.7 Å². The van der Waals surface area contributed by atoms with Gasteiger partial charge in [-0.05, 0) is 81.9 Å². The molecule has 182 valence electrons. The van der Waals surface area contributed by atoms with Gasteiger partial charge in [-0.25, -0.2) is 0 Å². The smallest absolute Gasteiger partial charge is 0.256 e. The fourth-order valence-electron chi connectivity index (χ4n) is 5.42. The van der Waals surface area contributed by atoms with E-state index in [1.807, 2.05) is 30.0 Å². The maximum absolute atomic E-state index is 13.2. The molecule has 0 aromatic heterocycles. The Morgan fingerprint density at radius 3 is 2.32 bits per heavy atom. The molecule has 0 saturated carbocycles. The molecular weight excluding hydrogens is 492 g/mol. The van der Waals surface area contributed by atoms with Crippen molar-refractivity contribution in [3.63, 3.8) is 0 Å². The highest BCUT2D eigenvalue weighted by atomic mass is 79.9. The van der Waals surface area contributed by atoms with Crippen molar-refractivity contribution in [2.75, 3.05) is 39.0 Å². The van der Waals surface area contributed by atoms with E-state index < -0.39 is 0 Å². The second-order valence-electron chi connectivity index (χ2n) is 9.76. The molecule has 1 amide bonds. The predicted octanol–water partition coefficient (Wildman–Crippen LogP) is 5.10. The van der Waals surface area contributed by atoms with Gasteiger partial charge in [0.1, 0.15) is 7.11 Å². The summed E-state index contributed by atoms with van der Waals surface area (Å²) in [7, 11) is 1.62. The van der Waals surface area contributed by atoms with Gasteiger partial charge in [0.05, 0.1) is 11.3 Å². The number of nitrogens with zero attached hydrogens (tertiary/aromatic N) is 3. The Morgan fingerprint density at radius 1 is 1.09 bits per heavy atom. The zero-order chi connectivity index (χ0) is 24.3. The first-order valence-corrected chi connectivity index (χ1v) is 12.9. The molecule has 0 spiro atoms. The van der Waals surface area contributed by atoms with E-state index in [-0.39, 0.29) is 11.4 Å². The molecule has 4 rings (SSSR count). The summed E-state index contributed by atoms with van der Waals surface area (Å²) in [4.78, 5) is 23.0. The number of aryl methyl sites for hydroxylation is 1. The molecule has 0 bridgehead atoms. The predicted molar refractivity (Wildman–Crippen MR) is 141 cm³/mol. The minimum atomic E-state index is 0.0614. The fourth-order valence-corrected chi connectivity index (χ4v) is 5.69. The summed E-state index contributed by atoms with van der Waals surface area (Å²) < 4.78 is 1.06. The van der Waals surface area contributed by atoms with Crippen LogP contribution in [0.4, 0.5) is 5.69 Å². The van der Waals surface area contributed by atoms with Crippen molar-refractivity contribution >= 4 is 33.2 Å². The average Bonchev–Trinajstić information content (AvgIpc) is 2.84. The lowest BCUT2D eigenvalue weighted by Gasteiger charge is -2.49. The summed E-state index contributed by atoms with van der Waals surface area (Å²) >= 11 is 3.51. The first-order chi connectivity index (χ1) is 16.3. The van der Waals surface area contributed by atoms with Crippen molar-refractivity contribution in [1.82, 2.24) is 9.80 Å². The molecule has 2 fully saturated rings. The van der Waals surface area contributed by atoms with Crippen LogP contribution in [0.3, 0.4) is 0 Å². The summed E-state index contributed by atoms with van der Waals surface area (Å²) in [6, 6.07) is 14.0. The van der Waals surface area contributed by atoms with Gasteiger partial charge in [0.2, 0.25) is 0 Å². The number of oxime groups is 1. The Bertz CT molecular complexity index is 1020.